The number of Topliss-reactive ketones (excluding diaryl/α,β-unsaturated/α-hetero) is 2. The highest BCUT2D eigenvalue weighted by Crippen LogP contribution is 2.31. The summed E-state index contributed by atoms with van der Waals surface area (Å²) in [5, 5.41) is 10.2. The predicted molar refractivity (Wildman–Crippen MR) is 206 cm³/mol. The molecule has 15 nitrogen and oxygen atoms in total. The number of nitrogens with zero attached hydrogens (tertiary/aromatic N) is 1. The Hall–Kier alpha value is -5.44. The zero-order valence-electron chi connectivity index (χ0n) is 32.7. The molecule has 6 amide bonds. The van der Waals surface area contributed by atoms with Crippen LogP contribution in [0.3, 0.4) is 0 Å². The molecule has 302 valence electrons. The largest absolute Gasteiger partial charge is 0.371 e. The molecule has 4 rings (SSSR count). The second kappa shape index (κ2) is 19.4. The van der Waals surface area contributed by atoms with E-state index in [1.54, 1.807) is 55.5 Å². The van der Waals surface area contributed by atoms with Gasteiger partial charge in [0.25, 0.3) is 11.8 Å². The lowest BCUT2D eigenvalue weighted by molar-refractivity contribution is -0.143. The number of primary amides is 1. The van der Waals surface area contributed by atoms with E-state index < -0.39 is 83.6 Å². The number of ether oxygens (including phenoxy) is 1. The number of carbonyl (C=O) groups is 8. The maximum absolute atomic E-state index is 14.6. The fourth-order valence-corrected chi connectivity index (χ4v) is 7.31. The summed E-state index contributed by atoms with van der Waals surface area (Å²) in [6.07, 6.45) is 3.59. The van der Waals surface area contributed by atoms with E-state index >= 15 is 0 Å². The van der Waals surface area contributed by atoms with Gasteiger partial charge < -0.3 is 36.6 Å². The second-order valence-corrected chi connectivity index (χ2v) is 15.4. The summed E-state index contributed by atoms with van der Waals surface area (Å²) >= 11 is 0. The van der Waals surface area contributed by atoms with Crippen LogP contribution in [0.15, 0.2) is 54.6 Å². The summed E-state index contributed by atoms with van der Waals surface area (Å²) in [6, 6.07) is 10.1. The molecule has 1 heterocycles. The molecule has 56 heavy (non-hydrogen) atoms. The quantitative estimate of drug-likeness (QED) is 0.125. The first-order valence-electron chi connectivity index (χ1n) is 19.2. The monoisotopic (exact) mass is 774 g/mol. The lowest BCUT2D eigenvalue weighted by atomic mass is 9.83. The Balaban J connectivity index is 1.50. The summed E-state index contributed by atoms with van der Waals surface area (Å²) in [6.45, 7) is 7.90. The minimum atomic E-state index is -1.30. The van der Waals surface area contributed by atoms with Crippen LogP contribution in [0.1, 0.15) is 112 Å². The van der Waals surface area contributed by atoms with Crippen molar-refractivity contribution >= 4 is 47.0 Å². The minimum absolute atomic E-state index is 0.0147. The molecule has 1 aliphatic heterocycles. The van der Waals surface area contributed by atoms with Gasteiger partial charge in [-0.1, -0.05) is 74.7 Å². The molecule has 1 saturated heterocycles. The lowest BCUT2D eigenvalue weighted by Gasteiger charge is -2.35. The van der Waals surface area contributed by atoms with Gasteiger partial charge in [0.15, 0.2) is 5.78 Å². The summed E-state index contributed by atoms with van der Waals surface area (Å²) in [5.74, 6) is -6.03. The highest BCUT2D eigenvalue weighted by atomic mass is 16.5. The lowest BCUT2D eigenvalue weighted by Crippen LogP contribution is -2.58. The normalized spacial score (nSPS) is 18.8. The minimum Gasteiger partial charge on any atom is -0.371 e. The third-order valence-corrected chi connectivity index (χ3v) is 9.99. The van der Waals surface area contributed by atoms with Crippen molar-refractivity contribution < 1.29 is 43.1 Å². The van der Waals surface area contributed by atoms with Gasteiger partial charge >= 0.3 is 0 Å². The van der Waals surface area contributed by atoms with E-state index in [2.05, 4.69) is 21.3 Å². The number of benzene rings is 2. The van der Waals surface area contributed by atoms with Crippen LogP contribution in [0.25, 0.3) is 0 Å². The topological polar surface area (TPSA) is 223 Å². The van der Waals surface area contributed by atoms with Gasteiger partial charge in [0.1, 0.15) is 18.1 Å². The molecule has 2 fully saturated rings. The molecule has 2 aromatic rings. The predicted octanol–water partition coefficient (Wildman–Crippen LogP) is 2.28. The van der Waals surface area contributed by atoms with Crippen molar-refractivity contribution in [2.24, 2.45) is 11.7 Å². The number of likely N-dealkylation sites (tertiary alicyclic amines) is 1. The number of nitrogens with one attached hydrogen (secondary N) is 4. The van der Waals surface area contributed by atoms with Gasteiger partial charge in [0.05, 0.1) is 29.9 Å². The second-order valence-electron chi connectivity index (χ2n) is 15.4. The third-order valence-electron chi connectivity index (χ3n) is 9.99. The van der Waals surface area contributed by atoms with Crippen molar-refractivity contribution in [3.05, 3.63) is 71.3 Å². The fourth-order valence-electron chi connectivity index (χ4n) is 7.31. The van der Waals surface area contributed by atoms with Crippen LogP contribution in [0, 0.1) is 5.92 Å². The van der Waals surface area contributed by atoms with Crippen molar-refractivity contribution in [3.8, 4) is 0 Å². The van der Waals surface area contributed by atoms with Crippen molar-refractivity contribution in [3.63, 3.8) is 0 Å². The molecule has 1 saturated carbocycles. The summed E-state index contributed by atoms with van der Waals surface area (Å²) < 4.78 is 6.22. The maximum Gasteiger partial charge on any atom is 0.290 e. The van der Waals surface area contributed by atoms with E-state index in [4.69, 9.17) is 10.5 Å². The number of rotatable bonds is 16. The summed E-state index contributed by atoms with van der Waals surface area (Å²) in [4.78, 5) is 107. The van der Waals surface area contributed by atoms with Gasteiger partial charge in [0, 0.05) is 18.5 Å². The average molecular weight is 775 g/mol. The number of nitrogens with two attached hydrogens (primary N) is 1. The third kappa shape index (κ3) is 11.5. The summed E-state index contributed by atoms with van der Waals surface area (Å²) in [5.41, 5.74) is 5.64. The molecule has 1 aliphatic carbocycles. The number of amides is 6. The van der Waals surface area contributed by atoms with E-state index in [1.807, 2.05) is 20.8 Å². The van der Waals surface area contributed by atoms with Crippen LogP contribution in [0.5, 0.6) is 0 Å². The van der Waals surface area contributed by atoms with E-state index in [-0.39, 0.29) is 42.2 Å². The number of hydrogen-bond donors (Lipinski definition) is 5. The SMILES string of the molecule is CCC(NC(=O)[C@@H]1C[C@@H](OC(C)(C)C)CN1C(=O)[C@@H](NC(=O)c1ccccc1C(C)=O)C1CCCCC1)C(=O)C(=O)NCC(=O)N[C@H](C(N)=O)c1ccccc1. The Morgan fingerprint density at radius 2 is 1.48 bits per heavy atom. The highest BCUT2D eigenvalue weighted by molar-refractivity contribution is 6.38. The van der Waals surface area contributed by atoms with Crippen LogP contribution >= 0.6 is 0 Å². The number of carbonyl (C=O) groups excluding carboxylic acids is 8. The maximum atomic E-state index is 14.6. The number of ketones is 2. The molecule has 0 radical (unpaired) electrons. The van der Waals surface area contributed by atoms with Crippen LogP contribution < -0.4 is 27.0 Å². The Kier molecular flexibility index (Phi) is 15.0. The van der Waals surface area contributed by atoms with Crippen molar-refractivity contribution in [2.75, 3.05) is 13.1 Å². The van der Waals surface area contributed by atoms with Gasteiger partial charge in [-0.2, -0.15) is 0 Å². The number of hydrogen-bond acceptors (Lipinski definition) is 9. The van der Waals surface area contributed by atoms with E-state index in [1.165, 1.54) is 17.9 Å². The van der Waals surface area contributed by atoms with Crippen molar-refractivity contribution in [1.82, 2.24) is 26.2 Å². The van der Waals surface area contributed by atoms with Crippen molar-refractivity contribution in [2.45, 2.75) is 115 Å². The zero-order valence-corrected chi connectivity index (χ0v) is 32.7. The highest BCUT2D eigenvalue weighted by Gasteiger charge is 2.46. The molecule has 15 heteroatoms. The van der Waals surface area contributed by atoms with Crippen LogP contribution in [0.4, 0.5) is 0 Å². The smallest absolute Gasteiger partial charge is 0.290 e. The molecule has 0 aromatic heterocycles. The van der Waals surface area contributed by atoms with Crippen molar-refractivity contribution in [1.29, 1.82) is 0 Å². The van der Waals surface area contributed by atoms with Gasteiger partial charge in [-0.25, -0.2) is 0 Å². The molecule has 0 spiro atoms. The van der Waals surface area contributed by atoms with Gasteiger partial charge in [-0.15, -0.1) is 0 Å². The zero-order chi connectivity index (χ0) is 41.2. The van der Waals surface area contributed by atoms with E-state index in [0.29, 0.717) is 18.4 Å². The first-order valence-corrected chi connectivity index (χ1v) is 19.2. The van der Waals surface area contributed by atoms with Crippen LogP contribution in [-0.4, -0.2) is 94.8 Å². The van der Waals surface area contributed by atoms with E-state index in [0.717, 1.165) is 19.3 Å². The standard InChI is InChI=1S/C41H54N6O9/c1-6-30(35(50)39(54)43-22-32(49)45-33(36(42)51)25-15-9-7-10-16-25)44-38(53)31-21-27(56-41(3,4)5)23-47(31)40(55)34(26-17-11-8-12-18-26)46-37(52)29-20-14-13-19-28(29)24(2)48/h7,9-10,13-16,19-20,26-27,30-31,33-34H,6,8,11-12,17-18,21-23H2,1-5H3,(H2,42,51)(H,43,54)(H,44,53)(H,45,49)(H,46,52)/t27-,30?,31+,33+,34+/m1/s1. The Morgan fingerprint density at radius 3 is 2.07 bits per heavy atom. The Morgan fingerprint density at radius 1 is 0.857 bits per heavy atom. The molecular formula is C41H54N6O9. The Bertz CT molecular complexity index is 1790. The molecule has 2 aliphatic rings. The molecular weight excluding hydrogens is 720 g/mol. The molecule has 1 unspecified atom stereocenters. The summed E-state index contributed by atoms with van der Waals surface area (Å²) in [7, 11) is 0. The molecule has 0 bridgehead atoms. The van der Waals surface area contributed by atoms with E-state index in [9.17, 15) is 38.4 Å². The fraction of sp³-hybridized carbons (Fsp3) is 0.512. The average Bonchev–Trinajstić information content (AvgIpc) is 3.59. The molecule has 6 N–H and O–H groups in total. The first kappa shape index (κ1) is 43.3. The van der Waals surface area contributed by atoms with Crippen LogP contribution in [0.2, 0.25) is 0 Å². The molecule has 5 atom stereocenters. The van der Waals surface area contributed by atoms with Gasteiger partial charge in [-0.3, -0.25) is 38.4 Å². The first-order chi connectivity index (χ1) is 26.5. The van der Waals surface area contributed by atoms with Gasteiger partial charge in [0.2, 0.25) is 29.4 Å². The Labute approximate surface area is 327 Å². The van der Waals surface area contributed by atoms with Crippen LogP contribution in [-0.2, 0) is 33.5 Å². The molecule has 2 aromatic carbocycles. The van der Waals surface area contributed by atoms with Gasteiger partial charge in [-0.05, 0) is 64.5 Å².